The van der Waals surface area contributed by atoms with E-state index in [1.165, 1.54) is 0 Å². The van der Waals surface area contributed by atoms with Crippen LogP contribution in [0.3, 0.4) is 0 Å². The molecular formula is C20H28N2O3. The highest BCUT2D eigenvalue weighted by atomic mass is 16.5. The van der Waals surface area contributed by atoms with Crippen LogP contribution in [0.15, 0.2) is 48.5 Å². The van der Waals surface area contributed by atoms with Gasteiger partial charge in [0.05, 0.1) is 13.2 Å². The molecule has 0 unspecified atom stereocenters. The third-order valence-corrected chi connectivity index (χ3v) is 3.71. The Morgan fingerprint density at radius 1 is 0.960 bits per heavy atom. The van der Waals surface area contributed by atoms with E-state index in [0.29, 0.717) is 13.2 Å². The monoisotopic (exact) mass is 344 g/mol. The van der Waals surface area contributed by atoms with E-state index >= 15 is 0 Å². The zero-order chi connectivity index (χ0) is 17.9. The van der Waals surface area contributed by atoms with Crippen LogP contribution in [0.4, 0.5) is 0 Å². The molecule has 5 heteroatoms. The minimum atomic E-state index is -0.312. The van der Waals surface area contributed by atoms with Crippen LogP contribution in [-0.4, -0.2) is 38.0 Å². The summed E-state index contributed by atoms with van der Waals surface area (Å²) < 4.78 is 11.3. The van der Waals surface area contributed by atoms with Gasteiger partial charge in [-0.2, -0.15) is 0 Å². The van der Waals surface area contributed by atoms with Gasteiger partial charge in [-0.05, 0) is 30.2 Å². The molecule has 0 fully saturated rings. The van der Waals surface area contributed by atoms with E-state index in [1.807, 2.05) is 48.5 Å². The number of methoxy groups -OCH3 is 1. The number of ether oxygens (including phenoxy) is 2. The number of aliphatic hydroxyl groups is 1. The van der Waals surface area contributed by atoms with Crippen LogP contribution in [0.1, 0.15) is 18.1 Å². The first-order chi connectivity index (χ1) is 12.2. The Balaban J connectivity index is 1.80. The van der Waals surface area contributed by atoms with E-state index in [2.05, 4.69) is 10.6 Å². The summed E-state index contributed by atoms with van der Waals surface area (Å²) in [6.45, 7) is 5.31. The molecule has 0 spiro atoms. The van der Waals surface area contributed by atoms with Crippen LogP contribution < -0.4 is 20.1 Å². The van der Waals surface area contributed by atoms with Crippen molar-refractivity contribution < 1.29 is 14.6 Å². The molecule has 0 bridgehead atoms. The van der Waals surface area contributed by atoms with Crippen LogP contribution in [0.25, 0.3) is 0 Å². The molecule has 2 aromatic rings. The highest BCUT2D eigenvalue weighted by Crippen LogP contribution is 2.28. The van der Waals surface area contributed by atoms with Crippen molar-refractivity contribution in [2.45, 2.75) is 26.2 Å². The SMILES string of the molecule is COc1cc(CNCCNC[C@@H](C)O)ccc1OCc1ccccc1. The summed E-state index contributed by atoms with van der Waals surface area (Å²) in [6, 6.07) is 16.1. The van der Waals surface area contributed by atoms with Crippen molar-refractivity contribution in [3.8, 4) is 11.5 Å². The molecular weight excluding hydrogens is 316 g/mol. The molecule has 0 aliphatic carbocycles. The van der Waals surface area contributed by atoms with Crippen LogP contribution >= 0.6 is 0 Å². The quantitative estimate of drug-likeness (QED) is 0.546. The normalized spacial score (nSPS) is 12.0. The van der Waals surface area contributed by atoms with E-state index in [4.69, 9.17) is 9.47 Å². The predicted octanol–water partition coefficient (Wildman–Crippen LogP) is 2.33. The summed E-state index contributed by atoms with van der Waals surface area (Å²) in [5.41, 5.74) is 2.26. The average molecular weight is 344 g/mol. The van der Waals surface area contributed by atoms with Gasteiger partial charge in [0, 0.05) is 26.2 Å². The van der Waals surface area contributed by atoms with Gasteiger partial charge in [0.1, 0.15) is 6.61 Å². The number of hydrogen-bond donors (Lipinski definition) is 3. The second-order valence-corrected chi connectivity index (χ2v) is 5.99. The fourth-order valence-corrected chi connectivity index (χ4v) is 2.40. The molecule has 0 amide bonds. The maximum Gasteiger partial charge on any atom is 0.161 e. The third-order valence-electron chi connectivity index (χ3n) is 3.71. The highest BCUT2D eigenvalue weighted by Gasteiger charge is 2.06. The van der Waals surface area contributed by atoms with Crippen LogP contribution in [-0.2, 0) is 13.2 Å². The van der Waals surface area contributed by atoms with Crippen LogP contribution in [0.5, 0.6) is 11.5 Å². The van der Waals surface area contributed by atoms with Gasteiger partial charge >= 0.3 is 0 Å². The Morgan fingerprint density at radius 2 is 1.72 bits per heavy atom. The van der Waals surface area contributed by atoms with Crippen molar-refractivity contribution in [1.82, 2.24) is 10.6 Å². The third kappa shape index (κ3) is 7.13. The largest absolute Gasteiger partial charge is 0.493 e. The first-order valence-corrected chi connectivity index (χ1v) is 8.62. The van der Waals surface area contributed by atoms with E-state index in [1.54, 1.807) is 14.0 Å². The first-order valence-electron chi connectivity index (χ1n) is 8.62. The van der Waals surface area contributed by atoms with Crippen molar-refractivity contribution in [2.75, 3.05) is 26.7 Å². The summed E-state index contributed by atoms with van der Waals surface area (Å²) in [7, 11) is 1.65. The lowest BCUT2D eigenvalue weighted by atomic mass is 10.2. The lowest BCUT2D eigenvalue weighted by Gasteiger charge is -2.13. The van der Waals surface area contributed by atoms with E-state index in [-0.39, 0.29) is 6.10 Å². The first kappa shape index (κ1) is 19.2. The Hall–Kier alpha value is -2.08. The average Bonchev–Trinajstić information content (AvgIpc) is 2.63. The topological polar surface area (TPSA) is 62.8 Å². The highest BCUT2D eigenvalue weighted by molar-refractivity contribution is 5.43. The zero-order valence-corrected chi connectivity index (χ0v) is 15.0. The zero-order valence-electron chi connectivity index (χ0n) is 15.0. The molecule has 0 aliphatic heterocycles. The molecule has 3 N–H and O–H groups in total. The molecule has 0 saturated carbocycles. The van der Waals surface area contributed by atoms with Crippen LogP contribution in [0.2, 0.25) is 0 Å². The predicted molar refractivity (Wildman–Crippen MR) is 100 cm³/mol. The van der Waals surface area contributed by atoms with Gasteiger partial charge in [-0.3, -0.25) is 0 Å². The van der Waals surface area contributed by atoms with Crippen molar-refractivity contribution in [3.05, 3.63) is 59.7 Å². The van der Waals surface area contributed by atoms with Crippen molar-refractivity contribution in [1.29, 1.82) is 0 Å². The second kappa shape index (κ2) is 10.7. The number of hydrogen-bond acceptors (Lipinski definition) is 5. The number of aliphatic hydroxyl groups excluding tert-OH is 1. The molecule has 136 valence electrons. The van der Waals surface area contributed by atoms with Gasteiger partial charge < -0.3 is 25.2 Å². The van der Waals surface area contributed by atoms with Gasteiger partial charge in [0.2, 0.25) is 0 Å². The van der Waals surface area contributed by atoms with Gasteiger partial charge in [-0.25, -0.2) is 0 Å². The maximum absolute atomic E-state index is 9.18. The molecule has 25 heavy (non-hydrogen) atoms. The molecule has 0 saturated heterocycles. The lowest BCUT2D eigenvalue weighted by molar-refractivity contribution is 0.191. The van der Waals surface area contributed by atoms with E-state index < -0.39 is 0 Å². The summed E-state index contributed by atoms with van der Waals surface area (Å²) in [5, 5.41) is 15.7. The smallest absolute Gasteiger partial charge is 0.161 e. The molecule has 0 radical (unpaired) electrons. The minimum absolute atomic E-state index is 0.312. The van der Waals surface area contributed by atoms with Gasteiger partial charge in [0.15, 0.2) is 11.5 Å². The molecule has 2 aromatic carbocycles. The molecule has 1 atom stereocenters. The fraction of sp³-hybridized carbons (Fsp3) is 0.400. The summed E-state index contributed by atoms with van der Waals surface area (Å²) in [4.78, 5) is 0. The summed E-state index contributed by atoms with van der Waals surface area (Å²) >= 11 is 0. The number of nitrogens with one attached hydrogen (secondary N) is 2. The molecule has 2 rings (SSSR count). The van der Waals surface area contributed by atoms with Crippen molar-refractivity contribution >= 4 is 0 Å². The fourth-order valence-electron chi connectivity index (χ4n) is 2.40. The lowest BCUT2D eigenvalue weighted by Crippen LogP contribution is -2.31. The van der Waals surface area contributed by atoms with Gasteiger partial charge in [-0.1, -0.05) is 36.4 Å². The van der Waals surface area contributed by atoms with Crippen molar-refractivity contribution in [2.24, 2.45) is 0 Å². The second-order valence-electron chi connectivity index (χ2n) is 5.99. The van der Waals surface area contributed by atoms with Crippen LogP contribution in [0, 0.1) is 0 Å². The van der Waals surface area contributed by atoms with Crippen molar-refractivity contribution in [3.63, 3.8) is 0 Å². The molecule has 0 aliphatic rings. The molecule has 5 nitrogen and oxygen atoms in total. The Morgan fingerprint density at radius 3 is 2.44 bits per heavy atom. The maximum atomic E-state index is 9.18. The number of benzene rings is 2. The summed E-state index contributed by atoms with van der Waals surface area (Å²) in [5.74, 6) is 1.48. The molecule has 0 heterocycles. The van der Waals surface area contributed by atoms with E-state index in [9.17, 15) is 5.11 Å². The standard InChI is InChI=1S/C20H28N2O3/c1-16(23)13-21-10-11-22-14-18-8-9-19(20(12-18)24-2)25-15-17-6-4-3-5-7-17/h3-9,12,16,21-23H,10-11,13-15H2,1-2H3/t16-/m1/s1. The number of rotatable bonds is 11. The van der Waals surface area contributed by atoms with E-state index in [0.717, 1.165) is 42.3 Å². The Bertz CT molecular complexity index is 618. The minimum Gasteiger partial charge on any atom is -0.493 e. The Labute approximate surface area is 150 Å². The molecule has 0 aromatic heterocycles. The van der Waals surface area contributed by atoms with Gasteiger partial charge in [0.25, 0.3) is 0 Å². The summed E-state index contributed by atoms with van der Waals surface area (Å²) in [6.07, 6.45) is -0.312. The Kier molecular flexibility index (Phi) is 8.25. The van der Waals surface area contributed by atoms with Gasteiger partial charge in [-0.15, -0.1) is 0 Å².